The first-order valence-electron chi connectivity index (χ1n) is 4.00. The monoisotopic (exact) mass is 278 g/mol. The molecule has 0 saturated heterocycles. The van der Waals surface area contributed by atoms with Crippen LogP contribution < -0.4 is 0 Å². The molecule has 0 bridgehead atoms. The molecule has 0 heterocycles. The Morgan fingerprint density at radius 3 is 1.18 bits per heavy atom. The van der Waals surface area contributed by atoms with Gasteiger partial charge in [-0.1, -0.05) is 0 Å². The molecule has 0 amide bonds. The van der Waals surface area contributed by atoms with E-state index in [4.69, 9.17) is 0 Å². The summed E-state index contributed by atoms with van der Waals surface area (Å²) in [5.74, 6) is 0. The quantitative estimate of drug-likeness (QED) is 0.715. The van der Waals surface area contributed by atoms with Gasteiger partial charge >= 0.3 is 18.5 Å². The van der Waals surface area contributed by atoms with Gasteiger partial charge in [-0.3, -0.25) is 0 Å². The lowest BCUT2D eigenvalue weighted by atomic mass is 9.82. The average Bonchev–Trinajstić information content (AvgIpc) is 1.96. The topological polar surface area (TPSA) is 9.23 Å². The van der Waals surface area contributed by atoms with Gasteiger partial charge in [0, 0.05) is 20.1 Å². The second kappa shape index (κ2) is 4.54. The average molecular weight is 278 g/mol. The molecule has 17 heavy (non-hydrogen) atoms. The van der Waals surface area contributed by atoms with E-state index in [1.54, 1.807) is 0 Å². The number of rotatable bonds is 3. The van der Waals surface area contributed by atoms with Gasteiger partial charge in [0.15, 0.2) is 0 Å². The van der Waals surface area contributed by atoms with E-state index in [-0.39, 0.29) is 0 Å². The third-order valence-corrected chi connectivity index (χ3v) is 2.13. The van der Waals surface area contributed by atoms with Crippen LogP contribution in [0.4, 0.5) is 39.5 Å². The maximum Gasteiger partial charge on any atom is 0.412 e. The van der Waals surface area contributed by atoms with Crippen LogP contribution in [-0.4, -0.2) is 32.2 Å². The van der Waals surface area contributed by atoms with E-state index in [1.807, 2.05) is 0 Å². The molecule has 0 fully saturated rings. The molecule has 0 aliphatic rings. The van der Waals surface area contributed by atoms with Crippen LogP contribution in [0.2, 0.25) is 0 Å². The van der Waals surface area contributed by atoms with Crippen LogP contribution in [0.5, 0.6) is 0 Å². The molecule has 1 nitrogen and oxygen atoms in total. The Kier molecular flexibility index (Phi) is 4.36. The van der Waals surface area contributed by atoms with E-state index in [9.17, 15) is 39.5 Å². The maximum atomic E-state index is 12.2. The van der Waals surface area contributed by atoms with Crippen molar-refractivity contribution in [1.29, 1.82) is 0 Å². The zero-order chi connectivity index (χ0) is 14.1. The fourth-order valence-corrected chi connectivity index (χ4v) is 1.16. The van der Waals surface area contributed by atoms with Gasteiger partial charge in [-0.05, 0) is 0 Å². The molecule has 0 aliphatic carbocycles. The second-order valence-electron chi connectivity index (χ2n) is 3.14. The van der Waals surface area contributed by atoms with Crippen LogP contribution in [0, 0.1) is 5.41 Å². The molecule has 0 spiro atoms. The van der Waals surface area contributed by atoms with Gasteiger partial charge in [-0.2, -0.15) is 39.5 Å². The summed E-state index contributed by atoms with van der Waals surface area (Å²) < 4.78 is 114. The molecule has 0 N–H and O–H groups in total. The normalized spacial score (nSPS) is 15.2. The largest absolute Gasteiger partial charge is 0.412 e. The second-order valence-corrected chi connectivity index (χ2v) is 3.14. The highest BCUT2D eigenvalue weighted by Crippen LogP contribution is 2.61. The first-order chi connectivity index (χ1) is 7.31. The Labute approximate surface area is 89.5 Å². The fraction of sp³-hybridized carbons (Fsp3) is 1.00. The van der Waals surface area contributed by atoms with Crippen LogP contribution in [0.1, 0.15) is 6.42 Å². The minimum atomic E-state index is -6.50. The molecule has 0 aromatic rings. The van der Waals surface area contributed by atoms with E-state index < -0.39 is 37.0 Å². The molecule has 0 aromatic carbocycles. The number of halogens is 9. The predicted molar refractivity (Wildman–Crippen MR) is 37.1 cm³/mol. The standard InChI is InChI=1S/C7H7F9O/c1-17-3-2-4(5(8,9)10,6(11,12)13)7(14,15)16/h2-3H2,1H3. The highest BCUT2D eigenvalue weighted by atomic mass is 19.4. The molecule has 0 unspecified atom stereocenters. The van der Waals surface area contributed by atoms with Crippen LogP contribution >= 0.6 is 0 Å². The predicted octanol–water partition coefficient (Wildman–Crippen LogP) is 3.70. The summed E-state index contributed by atoms with van der Waals surface area (Å²) in [4.78, 5) is 0. The molecule has 0 rings (SSSR count). The lowest BCUT2D eigenvalue weighted by molar-refractivity contribution is -0.430. The van der Waals surface area contributed by atoms with Crippen molar-refractivity contribution < 1.29 is 44.3 Å². The highest BCUT2D eigenvalue weighted by molar-refractivity contribution is 4.99. The maximum absolute atomic E-state index is 12.2. The van der Waals surface area contributed by atoms with Gasteiger partial charge in [-0.15, -0.1) is 0 Å². The Hall–Kier alpha value is -0.670. The first-order valence-corrected chi connectivity index (χ1v) is 4.00. The van der Waals surface area contributed by atoms with E-state index in [2.05, 4.69) is 4.74 Å². The molecule has 0 aliphatic heterocycles. The number of hydrogen-bond acceptors (Lipinski definition) is 1. The minimum Gasteiger partial charge on any atom is -0.385 e. The van der Waals surface area contributed by atoms with Crippen molar-refractivity contribution in [2.24, 2.45) is 5.41 Å². The van der Waals surface area contributed by atoms with Crippen LogP contribution in [-0.2, 0) is 4.74 Å². The van der Waals surface area contributed by atoms with E-state index in [0.717, 1.165) is 0 Å². The van der Waals surface area contributed by atoms with Crippen molar-refractivity contribution in [3.63, 3.8) is 0 Å². The summed E-state index contributed by atoms with van der Waals surface area (Å²) in [6.07, 6.45) is -21.8. The number of ether oxygens (including phenoxy) is 1. The third kappa shape index (κ3) is 2.78. The summed E-state index contributed by atoms with van der Waals surface area (Å²) in [6.45, 7) is -1.32. The molecule has 104 valence electrons. The number of hydrogen-bond donors (Lipinski definition) is 0. The van der Waals surface area contributed by atoms with Gasteiger partial charge in [0.1, 0.15) is 0 Å². The molecule has 10 heteroatoms. The molecule has 0 aromatic heterocycles. The molecule has 0 radical (unpaired) electrons. The lowest BCUT2D eigenvalue weighted by Crippen LogP contribution is -2.60. The van der Waals surface area contributed by atoms with Crippen molar-refractivity contribution in [3.05, 3.63) is 0 Å². The number of alkyl halides is 9. The molecule has 0 atom stereocenters. The van der Waals surface area contributed by atoms with Gasteiger partial charge in [0.25, 0.3) is 5.41 Å². The smallest absolute Gasteiger partial charge is 0.385 e. The Balaban J connectivity index is 5.75. The summed E-state index contributed by atoms with van der Waals surface area (Å²) in [7, 11) is 0.702. The van der Waals surface area contributed by atoms with Crippen LogP contribution in [0.3, 0.4) is 0 Å². The lowest BCUT2D eigenvalue weighted by Gasteiger charge is -2.38. The molecule has 0 saturated carbocycles. The van der Waals surface area contributed by atoms with E-state index in [1.165, 1.54) is 0 Å². The Morgan fingerprint density at radius 1 is 0.706 bits per heavy atom. The van der Waals surface area contributed by atoms with Crippen LogP contribution in [0.25, 0.3) is 0 Å². The van der Waals surface area contributed by atoms with Crippen molar-refractivity contribution in [2.75, 3.05) is 13.7 Å². The van der Waals surface area contributed by atoms with Crippen molar-refractivity contribution >= 4 is 0 Å². The zero-order valence-corrected chi connectivity index (χ0v) is 8.22. The SMILES string of the molecule is COCCC(C(F)(F)F)(C(F)(F)F)C(F)(F)F. The Bertz CT molecular complexity index is 212. The summed E-state index contributed by atoms with van der Waals surface area (Å²) in [5.41, 5.74) is -5.76. The van der Waals surface area contributed by atoms with Gasteiger partial charge in [-0.25, -0.2) is 0 Å². The van der Waals surface area contributed by atoms with Gasteiger partial charge in [0.2, 0.25) is 0 Å². The fourth-order valence-electron chi connectivity index (χ4n) is 1.16. The Morgan fingerprint density at radius 2 is 1.00 bits per heavy atom. The summed E-state index contributed by atoms with van der Waals surface area (Å²) in [6, 6.07) is 0. The highest BCUT2D eigenvalue weighted by Gasteiger charge is 2.82. The summed E-state index contributed by atoms with van der Waals surface area (Å²) in [5, 5.41) is 0. The van der Waals surface area contributed by atoms with E-state index in [0.29, 0.717) is 7.11 Å². The van der Waals surface area contributed by atoms with Crippen molar-refractivity contribution in [3.8, 4) is 0 Å². The first kappa shape index (κ1) is 16.3. The van der Waals surface area contributed by atoms with E-state index >= 15 is 0 Å². The van der Waals surface area contributed by atoms with Crippen molar-refractivity contribution in [2.45, 2.75) is 24.9 Å². The van der Waals surface area contributed by atoms with Gasteiger partial charge < -0.3 is 4.74 Å². The van der Waals surface area contributed by atoms with Crippen LogP contribution in [0.15, 0.2) is 0 Å². The third-order valence-electron chi connectivity index (χ3n) is 2.13. The zero-order valence-electron chi connectivity index (χ0n) is 8.22. The van der Waals surface area contributed by atoms with Gasteiger partial charge in [0.05, 0.1) is 0 Å². The summed E-state index contributed by atoms with van der Waals surface area (Å²) >= 11 is 0. The minimum absolute atomic E-state index is 0.702. The number of methoxy groups -OCH3 is 1. The molecular weight excluding hydrogens is 271 g/mol. The molecular formula is C7H7F9O. The van der Waals surface area contributed by atoms with Crippen molar-refractivity contribution in [1.82, 2.24) is 0 Å².